The molecule has 14 nitrogen and oxygen atoms in total. The van der Waals surface area contributed by atoms with Crippen molar-refractivity contribution in [2.45, 2.75) is 57.7 Å². The summed E-state index contributed by atoms with van der Waals surface area (Å²) in [5.74, 6) is 0.680. The zero-order valence-electron chi connectivity index (χ0n) is 24.5. The maximum atomic E-state index is 13.0. The van der Waals surface area contributed by atoms with Gasteiger partial charge in [0.05, 0.1) is 11.4 Å². The van der Waals surface area contributed by atoms with Gasteiger partial charge in [0, 0.05) is 49.2 Å². The number of urea groups is 1. The standard InChI is InChI=1S/C30H31N9O5/c1-15-6-7-31-27(32-15)20-9-21(20)29(42)35-23-10-24(36-26(34-23)16(2)40)44-14-19-12-38-11-18(17-4-5-17)8-22(28(38)33-19)39-13-25(41)37(3)30(39)43/h6-8,10-12,16-17,20-21,40H,4-5,9,13-14H2,1-3H3,(H,34,35,36,42). The van der Waals surface area contributed by atoms with Gasteiger partial charge in [0.1, 0.15) is 30.9 Å². The van der Waals surface area contributed by atoms with Crippen LogP contribution in [-0.2, 0) is 16.2 Å². The molecular weight excluding hydrogens is 566 g/mol. The van der Waals surface area contributed by atoms with E-state index >= 15 is 0 Å². The Bertz CT molecular complexity index is 1820. The normalized spacial score (nSPS) is 20.4. The number of nitrogens with one attached hydrogen (secondary N) is 1. The number of aliphatic hydroxyl groups is 1. The van der Waals surface area contributed by atoms with E-state index in [2.05, 4.69) is 25.3 Å². The maximum Gasteiger partial charge on any atom is 0.331 e. The Kier molecular flexibility index (Phi) is 6.72. The summed E-state index contributed by atoms with van der Waals surface area (Å²) in [5.41, 5.74) is 3.59. The van der Waals surface area contributed by atoms with Crippen LogP contribution in [0.4, 0.5) is 16.3 Å². The van der Waals surface area contributed by atoms with Crippen molar-refractivity contribution < 1.29 is 24.2 Å². The molecule has 3 aliphatic rings. The molecule has 3 fully saturated rings. The van der Waals surface area contributed by atoms with Gasteiger partial charge in [0.2, 0.25) is 17.7 Å². The molecule has 5 heterocycles. The lowest BCUT2D eigenvalue weighted by Crippen LogP contribution is -2.30. The zero-order chi connectivity index (χ0) is 30.7. The van der Waals surface area contributed by atoms with Crippen molar-refractivity contribution in [3.63, 3.8) is 0 Å². The number of aromatic nitrogens is 6. The number of carbonyl (C=O) groups is 3. The van der Waals surface area contributed by atoms with Crippen molar-refractivity contribution in [3.05, 3.63) is 65.4 Å². The second-order valence-electron chi connectivity index (χ2n) is 11.6. The number of hydrogen-bond acceptors (Lipinski definition) is 10. The first-order valence-electron chi connectivity index (χ1n) is 14.5. The van der Waals surface area contributed by atoms with Gasteiger partial charge in [-0.05, 0) is 56.7 Å². The summed E-state index contributed by atoms with van der Waals surface area (Å²) in [6, 6.07) is 4.86. The number of hydrogen-bond donors (Lipinski definition) is 2. The van der Waals surface area contributed by atoms with Crippen LogP contribution in [0.25, 0.3) is 5.65 Å². The first kappa shape index (κ1) is 27.8. The van der Waals surface area contributed by atoms with Gasteiger partial charge in [-0.2, -0.15) is 4.98 Å². The number of nitrogens with zero attached hydrogens (tertiary/aromatic N) is 8. The summed E-state index contributed by atoms with van der Waals surface area (Å²) >= 11 is 0. The highest BCUT2D eigenvalue weighted by Crippen LogP contribution is 2.46. The Balaban J connectivity index is 1.10. The summed E-state index contributed by atoms with van der Waals surface area (Å²) in [7, 11) is 1.47. The van der Waals surface area contributed by atoms with Crippen LogP contribution >= 0.6 is 0 Å². The van der Waals surface area contributed by atoms with Crippen molar-refractivity contribution in [2.24, 2.45) is 5.92 Å². The monoisotopic (exact) mass is 597 g/mol. The Morgan fingerprint density at radius 1 is 1.16 bits per heavy atom. The highest BCUT2D eigenvalue weighted by molar-refractivity contribution is 6.13. The smallest absolute Gasteiger partial charge is 0.331 e. The van der Waals surface area contributed by atoms with Crippen molar-refractivity contribution in [1.29, 1.82) is 0 Å². The fraction of sp³-hybridized carbons (Fsp3) is 0.400. The van der Waals surface area contributed by atoms with Gasteiger partial charge in [0.25, 0.3) is 0 Å². The maximum absolute atomic E-state index is 13.0. The van der Waals surface area contributed by atoms with E-state index in [0.717, 1.165) is 29.0 Å². The molecule has 4 amide bonds. The number of aryl methyl sites for hydroxylation is 1. The molecule has 3 unspecified atom stereocenters. The minimum absolute atomic E-state index is 0.0196. The van der Waals surface area contributed by atoms with Gasteiger partial charge in [-0.25, -0.2) is 24.7 Å². The van der Waals surface area contributed by atoms with Gasteiger partial charge in [0.15, 0.2) is 11.5 Å². The molecule has 2 aliphatic carbocycles. The number of aliphatic hydroxyl groups excluding tert-OH is 1. The summed E-state index contributed by atoms with van der Waals surface area (Å²) in [5, 5.41) is 13.0. The second kappa shape index (κ2) is 10.6. The van der Waals surface area contributed by atoms with E-state index in [9.17, 15) is 19.5 Å². The lowest BCUT2D eigenvalue weighted by atomic mass is 10.1. The van der Waals surface area contributed by atoms with E-state index < -0.39 is 12.1 Å². The average Bonchev–Trinajstić information content (AvgIpc) is 3.93. The predicted molar refractivity (Wildman–Crippen MR) is 156 cm³/mol. The van der Waals surface area contributed by atoms with Crippen LogP contribution in [0.1, 0.15) is 72.7 Å². The van der Waals surface area contributed by atoms with Crippen LogP contribution in [0.2, 0.25) is 0 Å². The van der Waals surface area contributed by atoms with E-state index in [1.807, 2.05) is 35.9 Å². The first-order chi connectivity index (χ1) is 21.1. The Morgan fingerprint density at radius 3 is 2.68 bits per heavy atom. The fourth-order valence-corrected chi connectivity index (χ4v) is 5.40. The molecule has 2 saturated carbocycles. The molecule has 226 valence electrons. The Labute approximate surface area is 252 Å². The van der Waals surface area contributed by atoms with Gasteiger partial charge in [-0.3, -0.25) is 19.4 Å². The highest BCUT2D eigenvalue weighted by atomic mass is 16.5. The molecule has 2 N–H and O–H groups in total. The number of rotatable bonds is 9. The molecule has 7 rings (SSSR count). The summed E-state index contributed by atoms with van der Waals surface area (Å²) < 4.78 is 7.83. The number of ether oxygens (including phenoxy) is 1. The molecule has 4 aromatic heterocycles. The Morgan fingerprint density at radius 2 is 1.98 bits per heavy atom. The van der Waals surface area contributed by atoms with Crippen molar-refractivity contribution in [2.75, 3.05) is 23.8 Å². The van der Waals surface area contributed by atoms with Gasteiger partial charge in [-0.1, -0.05) is 0 Å². The molecule has 0 aromatic carbocycles. The molecule has 0 spiro atoms. The third-order valence-electron chi connectivity index (χ3n) is 8.11. The molecule has 0 radical (unpaired) electrons. The predicted octanol–water partition coefficient (Wildman–Crippen LogP) is 2.87. The van der Waals surface area contributed by atoms with Crippen LogP contribution in [0.15, 0.2) is 36.8 Å². The quantitative estimate of drug-likeness (QED) is 0.274. The van der Waals surface area contributed by atoms with E-state index in [4.69, 9.17) is 9.72 Å². The number of anilines is 2. The number of likely N-dealkylation sites (N-methyl/N-ethyl adjacent to an activating group) is 1. The molecular formula is C30H31N9O5. The van der Waals surface area contributed by atoms with Gasteiger partial charge in [-0.15, -0.1) is 0 Å². The zero-order valence-corrected chi connectivity index (χ0v) is 24.5. The van der Waals surface area contributed by atoms with E-state index in [-0.39, 0.29) is 54.3 Å². The topological polar surface area (TPSA) is 168 Å². The van der Waals surface area contributed by atoms with Crippen molar-refractivity contribution >= 4 is 35.0 Å². The van der Waals surface area contributed by atoms with Crippen molar-refractivity contribution in [3.8, 4) is 5.88 Å². The lowest BCUT2D eigenvalue weighted by molar-refractivity contribution is -0.124. The van der Waals surface area contributed by atoms with Crippen LogP contribution in [0.5, 0.6) is 5.88 Å². The molecule has 44 heavy (non-hydrogen) atoms. The minimum atomic E-state index is -0.999. The fourth-order valence-electron chi connectivity index (χ4n) is 5.40. The number of imidazole rings is 1. The molecule has 0 bridgehead atoms. The number of pyridine rings is 1. The van der Waals surface area contributed by atoms with Crippen LogP contribution in [0.3, 0.4) is 0 Å². The number of fused-ring (bicyclic) bond motifs is 1. The van der Waals surface area contributed by atoms with Crippen LogP contribution in [-0.4, -0.2) is 70.8 Å². The summed E-state index contributed by atoms with van der Waals surface area (Å²) in [6.07, 6.45) is 7.28. The summed E-state index contributed by atoms with van der Waals surface area (Å²) in [6.45, 7) is 3.38. The van der Waals surface area contributed by atoms with Gasteiger partial charge >= 0.3 is 6.03 Å². The molecule has 4 aromatic rings. The third kappa shape index (κ3) is 5.32. The highest BCUT2D eigenvalue weighted by Gasteiger charge is 2.46. The number of carbonyl (C=O) groups excluding carboxylic acids is 3. The molecule has 3 atom stereocenters. The van der Waals surface area contributed by atoms with Crippen LogP contribution < -0.4 is 15.0 Å². The van der Waals surface area contributed by atoms with E-state index in [0.29, 0.717) is 35.2 Å². The minimum Gasteiger partial charge on any atom is -0.471 e. The SMILES string of the molecule is Cc1ccnc(C2CC2C(=O)Nc2cc(OCc3cn4cc(C5CC5)cc(N5CC(=O)N(C)C5=O)c4n3)nc(C(C)O)n2)n1. The van der Waals surface area contributed by atoms with Crippen molar-refractivity contribution in [1.82, 2.24) is 34.2 Å². The molecule has 1 saturated heterocycles. The first-order valence-corrected chi connectivity index (χ1v) is 14.5. The van der Waals surface area contributed by atoms with Crippen LogP contribution in [0, 0.1) is 12.8 Å². The lowest BCUT2D eigenvalue weighted by Gasteiger charge is -2.17. The Hall–Kier alpha value is -4.98. The van der Waals surface area contributed by atoms with Gasteiger partial charge < -0.3 is 19.6 Å². The van der Waals surface area contributed by atoms with E-state index in [1.165, 1.54) is 24.9 Å². The molecule has 14 heteroatoms. The van der Waals surface area contributed by atoms with E-state index in [1.54, 1.807) is 6.20 Å². The second-order valence-corrected chi connectivity index (χ2v) is 11.6. The third-order valence-corrected chi connectivity index (χ3v) is 8.11. The molecule has 1 aliphatic heterocycles. The number of amides is 4. The number of imide groups is 1. The average molecular weight is 598 g/mol. The summed E-state index contributed by atoms with van der Waals surface area (Å²) in [4.78, 5) is 62.7. The largest absolute Gasteiger partial charge is 0.471 e.